The molecule has 0 unspecified atom stereocenters. The highest BCUT2D eigenvalue weighted by molar-refractivity contribution is 5.94. The third kappa shape index (κ3) is 2.84. The van der Waals surface area contributed by atoms with Gasteiger partial charge in [-0.3, -0.25) is 4.79 Å². The molecule has 2 heterocycles. The maximum Gasteiger partial charge on any atom is 0.225 e. The smallest absolute Gasteiger partial charge is 0.225 e. The molecule has 6 nitrogen and oxygen atoms in total. The molecule has 0 radical (unpaired) electrons. The van der Waals surface area contributed by atoms with Gasteiger partial charge in [0.15, 0.2) is 5.78 Å². The molecular formula is C14H19N5O. The summed E-state index contributed by atoms with van der Waals surface area (Å²) < 4.78 is 2.08. The van der Waals surface area contributed by atoms with E-state index in [1.807, 2.05) is 25.1 Å². The van der Waals surface area contributed by atoms with E-state index < -0.39 is 0 Å². The molecule has 0 spiro atoms. The van der Waals surface area contributed by atoms with Gasteiger partial charge in [0.1, 0.15) is 5.82 Å². The van der Waals surface area contributed by atoms with Crippen molar-refractivity contribution in [3.05, 3.63) is 35.7 Å². The lowest BCUT2D eigenvalue weighted by molar-refractivity contribution is 0.101. The predicted molar refractivity (Wildman–Crippen MR) is 76.8 cm³/mol. The first kappa shape index (κ1) is 14.2. The second kappa shape index (κ2) is 5.81. The van der Waals surface area contributed by atoms with Crippen LogP contribution in [0.5, 0.6) is 0 Å². The SMILES string of the molecule is CCn1ccnc1CN(C)c1ncc(C(C)=O)c(C)n1. The molecule has 0 fully saturated rings. The van der Waals surface area contributed by atoms with Crippen molar-refractivity contribution in [1.82, 2.24) is 19.5 Å². The Hall–Kier alpha value is -2.24. The van der Waals surface area contributed by atoms with Crippen LogP contribution < -0.4 is 4.90 Å². The lowest BCUT2D eigenvalue weighted by atomic mass is 10.2. The lowest BCUT2D eigenvalue weighted by Gasteiger charge is -2.18. The van der Waals surface area contributed by atoms with Crippen molar-refractivity contribution in [1.29, 1.82) is 0 Å². The van der Waals surface area contributed by atoms with Crippen LogP contribution in [0, 0.1) is 6.92 Å². The Morgan fingerprint density at radius 1 is 1.40 bits per heavy atom. The van der Waals surface area contributed by atoms with E-state index in [-0.39, 0.29) is 5.78 Å². The summed E-state index contributed by atoms with van der Waals surface area (Å²) in [5.41, 5.74) is 1.27. The highest BCUT2D eigenvalue weighted by Gasteiger charge is 2.12. The van der Waals surface area contributed by atoms with E-state index in [1.165, 1.54) is 6.92 Å². The van der Waals surface area contributed by atoms with E-state index in [0.717, 1.165) is 12.4 Å². The average Bonchev–Trinajstić information content (AvgIpc) is 2.85. The minimum atomic E-state index is -0.0155. The molecule has 0 saturated carbocycles. The summed E-state index contributed by atoms with van der Waals surface area (Å²) in [6, 6.07) is 0. The number of Topliss-reactive ketones (excluding diaryl/α,β-unsaturated/α-hetero) is 1. The summed E-state index contributed by atoms with van der Waals surface area (Å²) in [6.45, 7) is 6.93. The van der Waals surface area contributed by atoms with Gasteiger partial charge in [0.25, 0.3) is 0 Å². The van der Waals surface area contributed by atoms with E-state index in [2.05, 4.69) is 26.4 Å². The standard InChI is InChI=1S/C14H19N5O/c1-5-19-7-6-15-13(19)9-18(4)14-16-8-12(11(3)20)10(2)17-14/h6-8H,5,9H2,1-4H3. The van der Waals surface area contributed by atoms with Gasteiger partial charge < -0.3 is 9.47 Å². The molecular weight excluding hydrogens is 254 g/mol. The highest BCUT2D eigenvalue weighted by atomic mass is 16.1. The van der Waals surface area contributed by atoms with Gasteiger partial charge in [0.05, 0.1) is 17.8 Å². The maximum atomic E-state index is 11.4. The number of anilines is 1. The minimum Gasteiger partial charge on any atom is -0.336 e. The van der Waals surface area contributed by atoms with Gasteiger partial charge in [-0.15, -0.1) is 0 Å². The van der Waals surface area contributed by atoms with Gasteiger partial charge >= 0.3 is 0 Å². The topological polar surface area (TPSA) is 63.9 Å². The van der Waals surface area contributed by atoms with E-state index in [9.17, 15) is 4.79 Å². The van der Waals surface area contributed by atoms with Crippen LogP contribution in [0.4, 0.5) is 5.95 Å². The van der Waals surface area contributed by atoms with Gasteiger partial charge in [-0.1, -0.05) is 0 Å². The fourth-order valence-electron chi connectivity index (χ4n) is 2.05. The van der Waals surface area contributed by atoms with Crippen LogP contribution in [0.1, 0.15) is 35.7 Å². The number of carbonyl (C=O) groups excluding carboxylic acids is 1. The Bertz CT molecular complexity index is 620. The van der Waals surface area contributed by atoms with Crippen LogP contribution in [0.15, 0.2) is 18.6 Å². The first-order valence-electron chi connectivity index (χ1n) is 6.58. The normalized spacial score (nSPS) is 10.6. The Balaban J connectivity index is 2.19. The molecule has 2 rings (SSSR count). The van der Waals surface area contributed by atoms with E-state index in [1.54, 1.807) is 12.4 Å². The fraction of sp³-hybridized carbons (Fsp3) is 0.429. The summed E-state index contributed by atoms with van der Waals surface area (Å²) in [5.74, 6) is 1.54. The molecule has 20 heavy (non-hydrogen) atoms. The molecule has 0 aromatic carbocycles. The largest absolute Gasteiger partial charge is 0.336 e. The van der Waals surface area contributed by atoms with Crippen LogP contribution >= 0.6 is 0 Å². The lowest BCUT2D eigenvalue weighted by Crippen LogP contribution is -2.22. The van der Waals surface area contributed by atoms with Crippen molar-refractivity contribution >= 4 is 11.7 Å². The van der Waals surface area contributed by atoms with Gasteiger partial charge in [0.2, 0.25) is 5.95 Å². The number of rotatable bonds is 5. The third-order valence-electron chi connectivity index (χ3n) is 3.21. The average molecular weight is 273 g/mol. The van der Waals surface area contributed by atoms with Crippen LogP contribution in [-0.4, -0.2) is 32.3 Å². The Morgan fingerprint density at radius 3 is 2.75 bits per heavy atom. The molecule has 0 aliphatic heterocycles. The monoisotopic (exact) mass is 273 g/mol. The zero-order valence-electron chi connectivity index (χ0n) is 12.3. The first-order chi connectivity index (χ1) is 9.52. The van der Waals surface area contributed by atoms with E-state index >= 15 is 0 Å². The second-order valence-electron chi connectivity index (χ2n) is 4.71. The van der Waals surface area contributed by atoms with Crippen molar-refractivity contribution in [3.63, 3.8) is 0 Å². The van der Waals surface area contributed by atoms with Crippen LogP contribution in [-0.2, 0) is 13.1 Å². The fourth-order valence-corrected chi connectivity index (χ4v) is 2.05. The molecule has 0 N–H and O–H groups in total. The summed E-state index contributed by atoms with van der Waals surface area (Å²) in [5, 5.41) is 0. The molecule has 6 heteroatoms. The molecule has 0 aliphatic carbocycles. The Labute approximate surface area is 118 Å². The highest BCUT2D eigenvalue weighted by Crippen LogP contribution is 2.13. The molecule has 0 aliphatic rings. The summed E-state index contributed by atoms with van der Waals surface area (Å²) in [4.78, 5) is 26.3. The number of nitrogens with zero attached hydrogens (tertiary/aromatic N) is 5. The van der Waals surface area contributed by atoms with Crippen molar-refractivity contribution < 1.29 is 4.79 Å². The summed E-state index contributed by atoms with van der Waals surface area (Å²) in [7, 11) is 1.91. The zero-order chi connectivity index (χ0) is 14.7. The summed E-state index contributed by atoms with van der Waals surface area (Å²) in [6.07, 6.45) is 5.33. The number of aryl methyl sites for hydroxylation is 2. The van der Waals surface area contributed by atoms with E-state index in [4.69, 9.17) is 0 Å². The third-order valence-corrected chi connectivity index (χ3v) is 3.21. The number of carbonyl (C=O) groups is 1. The Kier molecular flexibility index (Phi) is 4.12. The molecule has 106 valence electrons. The molecule has 2 aromatic rings. The van der Waals surface area contributed by atoms with Crippen LogP contribution in [0.2, 0.25) is 0 Å². The molecule has 0 saturated heterocycles. The van der Waals surface area contributed by atoms with Crippen molar-refractivity contribution in [3.8, 4) is 0 Å². The van der Waals surface area contributed by atoms with Crippen molar-refractivity contribution in [2.24, 2.45) is 0 Å². The predicted octanol–water partition coefficient (Wildman–Crippen LogP) is 1.84. The maximum absolute atomic E-state index is 11.4. The zero-order valence-corrected chi connectivity index (χ0v) is 12.3. The molecule has 0 bridgehead atoms. The van der Waals surface area contributed by atoms with E-state index in [0.29, 0.717) is 23.8 Å². The second-order valence-corrected chi connectivity index (χ2v) is 4.71. The summed E-state index contributed by atoms with van der Waals surface area (Å²) >= 11 is 0. The number of ketones is 1. The van der Waals surface area contributed by atoms with Gasteiger partial charge in [0, 0.05) is 32.2 Å². The molecule has 0 atom stereocenters. The van der Waals surface area contributed by atoms with Crippen LogP contribution in [0.3, 0.4) is 0 Å². The number of aromatic nitrogens is 4. The quantitative estimate of drug-likeness (QED) is 0.778. The number of hydrogen-bond acceptors (Lipinski definition) is 5. The van der Waals surface area contributed by atoms with Crippen molar-refractivity contribution in [2.75, 3.05) is 11.9 Å². The first-order valence-corrected chi connectivity index (χ1v) is 6.58. The van der Waals surface area contributed by atoms with Gasteiger partial charge in [-0.25, -0.2) is 15.0 Å². The molecule has 2 aromatic heterocycles. The van der Waals surface area contributed by atoms with Gasteiger partial charge in [-0.05, 0) is 20.8 Å². The van der Waals surface area contributed by atoms with Gasteiger partial charge in [-0.2, -0.15) is 0 Å². The number of hydrogen-bond donors (Lipinski definition) is 0. The number of imidazole rings is 1. The Morgan fingerprint density at radius 2 is 2.15 bits per heavy atom. The van der Waals surface area contributed by atoms with Crippen LogP contribution in [0.25, 0.3) is 0 Å². The minimum absolute atomic E-state index is 0.0155. The molecule has 0 amide bonds. The van der Waals surface area contributed by atoms with Crippen molar-refractivity contribution in [2.45, 2.75) is 33.9 Å².